The van der Waals surface area contributed by atoms with Gasteiger partial charge in [-0.25, -0.2) is 4.79 Å². The molecule has 0 aliphatic heterocycles. The zero-order valence-electron chi connectivity index (χ0n) is 12.2. The van der Waals surface area contributed by atoms with Crippen LogP contribution in [0.25, 0.3) is 0 Å². The molecule has 2 N–H and O–H groups in total. The third kappa shape index (κ3) is 5.10. The van der Waals surface area contributed by atoms with Gasteiger partial charge in [0.1, 0.15) is 11.8 Å². The van der Waals surface area contributed by atoms with Crippen molar-refractivity contribution in [1.29, 1.82) is 0 Å². The minimum Gasteiger partial charge on any atom is -0.484 e. The van der Waals surface area contributed by atoms with Crippen LogP contribution in [0.15, 0.2) is 24.3 Å². The van der Waals surface area contributed by atoms with E-state index in [1.165, 1.54) is 5.56 Å². The zero-order valence-corrected chi connectivity index (χ0v) is 12.2. The monoisotopic (exact) mass is 291 g/mol. The number of carbonyl (C=O) groups excluding carboxylic acids is 1. The van der Waals surface area contributed by atoms with Crippen LogP contribution in [-0.4, -0.2) is 29.6 Å². The summed E-state index contributed by atoms with van der Waals surface area (Å²) in [6.07, 6.45) is 3.56. The van der Waals surface area contributed by atoms with Crippen LogP contribution in [0.5, 0.6) is 5.75 Å². The van der Waals surface area contributed by atoms with E-state index in [1.807, 2.05) is 24.3 Å². The summed E-state index contributed by atoms with van der Waals surface area (Å²) in [5.74, 6) is -0.338. The van der Waals surface area contributed by atoms with E-state index < -0.39 is 17.9 Å². The number of hydrogen-bond acceptors (Lipinski definition) is 3. The quantitative estimate of drug-likeness (QED) is 0.768. The van der Waals surface area contributed by atoms with Crippen LogP contribution in [0, 0.1) is 5.92 Å². The second-order valence-electron chi connectivity index (χ2n) is 5.42. The molecular weight excluding hydrogens is 270 g/mol. The second-order valence-corrected chi connectivity index (χ2v) is 5.42. The number of carboxylic acids is 1. The number of aliphatic carboxylic acids is 1. The molecule has 114 valence electrons. The average Bonchev–Trinajstić information content (AvgIpc) is 3.29. The van der Waals surface area contributed by atoms with E-state index in [2.05, 4.69) is 12.2 Å². The fourth-order valence-electron chi connectivity index (χ4n) is 2.11. The molecule has 1 unspecified atom stereocenters. The molecule has 1 aliphatic carbocycles. The highest BCUT2D eigenvalue weighted by atomic mass is 16.5. The first kappa shape index (κ1) is 15.4. The van der Waals surface area contributed by atoms with Crippen molar-refractivity contribution in [2.24, 2.45) is 5.92 Å². The number of nitrogens with one attached hydrogen (secondary N) is 1. The molecule has 1 atom stereocenters. The Morgan fingerprint density at radius 2 is 2.00 bits per heavy atom. The lowest BCUT2D eigenvalue weighted by Gasteiger charge is -2.14. The van der Waals surface area contributed by atoms with Crippen molar-refractivity contribution in [3.8, 4) is 5.75 Å². The third-order valence-electron chi connectivity index (χ3n) is 3.60. The van der Waals surface area contributed by atoms with Gasteiger partial charge in [0, 0.05) is 0 Å². The molecule has 0 radical (unpaired) electrons. The molecule has 1 amide bonds. The summed E-state index contributed by atoms with van der Waals surface area (Å²) < 4.78 is 5.36. The first-order valence-electron chi connectivity index (χ1n) is 7.32. The number of benzene rings is 1. The van der Waals surface area contributed by atoms with E-state index in [0.29, 0.717) is 18.1 Å². The third-order valence-corrected chi connectivity index (χ3v) is 3.60. The molecule has 0 aromatic heterocycles. The summed E-state index contributed by atoms with van der Waals surface area (Å²) in [7, 11) is 0. The van der Waals surface area contributed by atoms with Gasteiger partial charge >= 0.3 is 5.97 Å². The second kappa shape index (κ2) is 7.11. The SMILES string of the molecule is CCc1ccc(OCC(=O)NC(CC2CC2)C(=O)O)cc1. The molecular formula is C16H21NO4. The van der Waals surface area contributed by atoms with Crippen molar-refractivity contribution in [2.45, 2.75) is 38.6 Å². The number of amides is 1. The van der Waals surface area contributed by atoms with Gasteiger partial charge < -0.3 is 15.2 Å². The summed E-state index contributed by atoms with van der Waals surface area (Å²) in [5.41, 5.74) is 1.20. The van der Waals surface area contributed by atoms with Gasteiger partial charge in [-0.05, 0) is 36.5 Å². The van der Waals surface area contributed by atoms with Gasteiger partial charge in [-0.1, -0.05) is 31.9 Å². The lowest BCUT2D eigenvalue weighted by molar-refractivity contribution is -0.142. The molecule has 0 spiro atoms. The van der Waals surface area contributed by atoms with E-state index in [9.17, 15) is 9.59 Å². The highest BCUT2D eigenvalue weighted by molar-refractivity contribution is 5.84. The standard InChI is InChI=1S/C16H21NO4/c1-2-11-5-7-13(8-6-11)21-10-15(18)17-14(16(19)20)9-12-3-4-12/h5-8,12,14H,2-4,9-10H2,1H3,(H,17,18)(H,19,20). The van der Waals surface area contributed by atoms with Crippen LogP contribution in [-0.2, 0) is 16.0 Å². The summed E-state index contributed by atoms with van der Waals surface area (Å²) >= 11 is 0. The number of ether oxygens (including phenoxy) is 1. The first-order chi connectivity index (χ1) is 10.1. The summed E-state index contributed by atoms with van der Waals surface area (Å²) in [5, 5.41) is 11.6. The lowest BCUT2D eigenvalue weighted by Crippen LogP contribution is -2.43. The molecule has 21 heavy (non-hydrogen) atoms. The van der Waals surface area contributed by atoms with Gasteiger partial charge in [0.15, 0.2) is 6.61 Å². The molecule has 1 fully saturated rings. The Morgan fingerprint density at radius 1 is 1.33 bits per heavy atom. The lowest BCUT2D eigenvalue weighted by atomic mass is 10.1. The fourth-order valence-corrected chi connectivity index (χ4v) is 2.11. The van der Waals surface area contributed by atoms with Crippen LogP contribution < -0.4 is 10.1 Å². The maximum atomic E-state index is 11.8. The van der Waals surface area contributed by atoms with Crippen LogP contribution in [0.3, 0.4) is 0 Å². The molecule has 0 heterocycles. The van der Waals surface area contributed by atoms with Crippen LogP contribution in [0.2, 0.25) is 0 Å². The van der Waals surface area contributed by atoms with Gasteiger partial charge in [0.2, 0.25) is 0 Å². The average molecular weight is 291 g/mol. The Kier molecular flexibility index (Phi) is 5.20. The van der Waals surface area contributed by atoms with Crippen LogP contribution >= 0.6 is 0 Å². The van der Waals surface area contributed by atoms with Gasteiger partial charge in [-0.15, -0.1) is 0 Å². The molecule has 1 saturated carbocycles. The predicted octanol–water partition coefficient (Wildman–Crippen LogP) is 2.00. The van der Waals surface area contributed by atoms with Gasteiger partial charge in [-0.3, -0.25) is 4.79 Å². The molecule has 1 aromatic rings. The van der Waals surface area contributed by atoms with Crippen molar-refractivity contribution >= 4 is 11.9 Å². The van der Waals surface area contributed by atoms with Crippen LogP contribution in [0.1, 0.15) is 31.7 Å². The normalized spacial score (nSPS) is 15.3. The number of aryl methyl sites for hydroxylation is 1. The van der Waals surface area contributed by atoms with Crippen molar-refractivity contribution in [3.05, 3.63) is 29.8 Å². The maximum Gasteiger partial charge on any atom is 0.326 e. The first-order valence-corrected chi connectivity index (χ1v) is 7.32. The molecule has 1 aromatic carbocycles. The van der Waals surface area contributed by atoms with Crippen molar-refractivity contribution in [3.63, 3.8) is 0 Å². The van der Waals surface area contributed by atoms with Gasteiger partial charge in [-0.2, -0.15) is 0 Å². The smallest absolute Gasteiger partial charge is 0.326 e. The Bertz CT molecular complexity index is 494. The van der Waals surface area contributed by atoms with Crippen molar-refractivity contribution < 1.29 is 19.4 Å². The fraction of sp³-hybridized carbons (Fsp3) is 0.500. The maximum absolute atomic E-state index is 11.8. The van der Waals surface area contributed by atoms with E-state index >= 15 is 0 Å². The van der Waals surface area contributed by atoms with Crippen molar-refractivity contribution in [1.82, 2.24) is 5.32 Å². The zero-order chi connectivity index (χ0) is 15.2. The summed E-state index contributed by atoms with van der Waals surface area (Å²) in [6.45, 7) is 1.90. The summed E-state index contributed by atoms with van der Waals surface area (Å²) in [6, 6.07) is 6.70. The molecule has 5 heteroatoms. The number of carbonyl (C=O) groups is 2. The molecule has 2 rings (SSSR count). The van der Waals surface area contributed by atoms with E-state index in [-0.39, 0.29) is 6.61 Å². The van der Waals surface area contributed by atoms with Gasteiger partial charge in [0.25, 0.3) is 5.91 Å². The van der Waals surface area contributed by atoms with E-state index in [0.717, 1.165) is 19.3 Å². The molecule has 5 nitrogen and oxygen atoms in total. The topological polar surface area (TPSA) is 75.6 Å². The Labute approximate surface area is 124 Å². The van der Waals surface area contributed by atoms with Crippen LogP contribution in [0.4, 0.5) is 0 Å². The minimum atomic E-state index is -0.984. The summed E-state index contributed by atoms with van der Waals surface area (Å²) in [4.78, 5) is 22.8. The molecule has 1 aliphatic rings. The molecule has 0 saturated heterocycles. The van der Waals surface area contributed by atoms with E-state index in [4.69, 9.17) is 9.84 Å². The number of carboxylic acid groups (broad SMARTS) is 1. The Balaban J connectivity index is 1.78. The number of hydrogen-bond donors (Lipinski definition) is 2. The van der Waals surface area contributed by atoms with Gasteiger partial charge in [0.05, 0.1) is 0 Å². The van der Waals surface area contributed by atoms with E-state index in [1.54, 1.807) is 0 Å². The largest absolute Gasteiger partial charge is 0.484 e. The highest BCUT2D eigenvalue weighted by Gasteiger charge is 2.30. The molecule has 0 bridgehead atoms. The van der Waals surface area contributed by atoms with Crippen molar-refractivity contribution in [2.75, 3.05) is 6.61 Å². The predicted molar refractivity (Wildman–Crippen MR) is 78.2 cm³/mol. The Morgan fingerprint density at radius 3 is 2.52 bits per heavy atom. The highest BCUT2D eigenvalue weighted by Crippen LogP contribution is 2.33. The Hall–Kier alpha value is -2.04. The number of rotatable bonds is 8. The minimum absolute atomic E-state index is 0.167.